The molecule has 0 aliphatic heterocycles. The van der Waals surface area contributed by atoms with Gasteiger partial charge in [-0.15, -0.1) is 0 Å². The van der Waals surface area contributed by atoms with Crippen molar-refractivity contribution in [3.05, 3.63) is 21.7 Å². The quantitative estimate of drug-likeness (QED) is 0.776. The summed E-state index contributed by atoms with van der Waals surface area (Å²) in [5.74, 6) is 0.141. The number of halogens is 1. The first-order valence-corrected chi connectivity index (χ1v) is 5.50. The number of hydrogen-bond donors (Lipinski definition) is 3. The lowest BCUT2D eigenvalue weighted by molar-refractivity contribution is 0.427. The summed E-state index contributed by atoms with van der Waals surface area (Å²) in [4.78, 5) is 0. The number of phenolic OH excluding ortho intramolecular Hbond substituents is 2. The standard InChI is InChI=1S/C11H16BrNO2/c1-6-4-7(5-11(2,3)13)10(15)8(12)9(6)14/h4,14-15H,5,13H2,1-3H3. The molecule has 0 aliphatic carbocycles. The minimum absolute atomic E-state index is 0.0663. The van der Waals surface area contributed by atoms with Gasteiger partial charge in [0.15, 0.2) is 0 Å². The van der Waals surface area contributed by atoms with Crippen LogP contribution in [-0.4, -0.2) is 15.8 Å². The zero-order chi connectivity index (χ0) is 11.8. The molecule has 1 aromatic carbocycles. The monoisotopic (exact) mass is 273 g/mol. The average Bonchev–Trinajstić information content (AvgIpc) is 2.08. The summed E-state index contributed by atoms with van der Waals surface area (Å²) >= 11 is 3.15. The van der Waals surface area contributed by atoms with Gasteiger partial charge in [-0.2, -0.15) is 0 Å². The van der Waals surface area contributed by atoms with Gasteiger partial charge in [0.25, 0.3) is 0 Å². The van der Waals surface area contributed by atoms with E-state index in [2.05, 4.69) is 15.9 Å². The topological polar surface area (TPSA) is 66.5 Å². The second-order valence-corrected chi connectivity index (χ2v) is 5.32. The van der Waals surface area contributed by atoms with Crippen LogP contribution >= 0.6 is 15.9 Å². The maximum absolute atomic E-state index is 9.80. The van der Waals surface area contributed by atoms with E-state index in [1.807, 2.05) is 13.8 Å². The number of aromatic hydroxyl groups is 2. The summed E-state index contributed by atoms with van der Waals surface area (Å²) in [5.41, 5.74) is 6.96. The third-order valence-electron chi connectivity index (χ3n) is 2.13. The molecule has 1 aromatic rings. The zero-order valence-corrected chi connectivity index (χ0v) is 10.7. The first-order chi connectivity index (χ1) is 6.72. The van der Waals surface area contributed by atoms with Crippen LogP contribution < -0.4 is 5.73 Å². The number of nitrogens with two attached hydrogens (primary N) is 1. The molecule has 0 heterocycles. The van der Waals surface area contributed by atoms with Crippen molar-refractivity contribution in [1.29, 1.82) is 0 Å². The van der Waals surface area contributed by atoms with Gasteiger partial charge in [0.2, 0.25) is 0 Å². The van der Waals surface area contributed by atoms with E-state index < -0.39 is 0 Å². The fraction of sp³-hybridized carbons (Fsp3) is 0.455. The van der Waals surface area contributed by atoms with Gasteiger partial charge in [-0.3, -0.25) is 0 Å². The van der Waals surface area contributed by atoms with E-state index in [0.717, 1.165) is 11.1 Å². The Labute approximate surface area is 98.1 Å². The maximum Gasteiger partial charge on any atom is 0.136 e. The van der Waals surface area contributed by atoms with Crippen molar-refractivity contribution in [1.82, 2.24) is 0 Å². The van der Waals surface area contributed by atoms with Gasteiger partial charge in [0, 0.05) is 5.54 Å². The highest BCUT2D eigenvalue weighted by atomic mass is 79.9. The van der Waals surface area contributed by atoms with Crippen LogP contribution in [0.15, 0.2) is 10.5 Å². The summed E-state index contributed by atoms with van der Waals surface area (Å²) in [7, 11) is 0. The van der Waals surface area contributed by atoms with Crippen molar-refractivity contribution < 1.29 is 10.2 Å². The molecular formula is C11H16BrNO2. The summed E-state index contributed by atoms with van der Waals surface area (Å²) < 4.78 is 0.335. The third kappa shape index (κ3) is 2.86. The van der Waals surface area contributed by atoms with Crippen molar-refractivity contribution in [3.8, 4) is 11.5 Å². The molecule has 3 nitrogen and oxygen atoms in total. The lowest BCUT2D eigenvalue weighted by atomic mass is 9.94. The molecule has 0 unspecified atom stereocenters. The van der Waals surface area contributed by atoms with E-state index in [-0.39, 0.29) is 17.0 Å². The average molecular weight is 274 g/mol. The molecule has 0 spiro atoms. The first-order valence-electron chi connectivity index (χ1n) is 4.71. The van der Waals surface area contributed by atoms with Gasteiger partial charge in [-0.05, 0) is 60.3 Å². The lowest BCUT2D eigenvalue weighted by Gasteiger charge is -2.20. The molecule has 0 radical (unpaired) electrons. The largest absolute Gasteiger partial charge is 0.506 e. The molecule has 0 fully saturated rings. The maximum atomic E-state index is 9.80. The van der Waals surface area contributed by atoms with Crippen LogP contribution in [0.4, 0.5) is 0 Å². The van der Waals surface area contributed by atoms with E-state index >= 15 is 0 Å². The predicted molar refractivity (Wildman–Crippen MR) is 64.2 cm³/mol. The molecule has 0 bridgehead atoms. The molecule has 0 saturated heterocycles. The third-order valence-corrected chi connectivity index (χ3v) is 2.88. The van der Waals surface area contributed by atoms with E-state index in [0.29, 0.717) is 10.9 Å². The van der Waals surface area contributed by atoms with Crippen LogP contribution in [-0.2, 0) is 6.42 Å². The van der Waals surface area contributed by atoms with Crippen LogP contribution in [0, 0.1) is 6.92 Å². The predicted octanol–water partition coefficient (Wildman–Crippen LogP) is 2.45. The van der Waals surface area contributed by atoms with Gasteiger partial charge in [0.05, 0.1) is 0 Å². The Hall–Kier alpha value is -0.740. The second kappa shape index (κ2) is 4.02. The van der Waals surface area contributed by atoms with Gasteiger partial charge in [-0.1, -0.05) is 0 Å². The van der Waals surface area contributed by atoms with Crippen LogP contribution in [0.25, 0.3) is 0 Å². The number of hydrogen-bond acceptors (Lipinski definition) is 3. The molecular weight excluding hydrogens is 258 g/mol. The van der Waals surface area contributed by atoms with Crippen molar-refractivity contribution in [2.45, 2.75) is 32.7 Å². The Morgan fingerprint density at radius 1 is 1.33 bits per heavy atom. The molecule has 0 aliphatic rings. The highest BCUT2D eigenvalue weighted by Crippen LogP contribution is 2.39. The van der Waals surface area contributed by atoms with Gasteiger partial charge in [0.1, 0.15) is 16.0 Å². The Morgan fingerprint density at radius 2 is 1.87 bits per heavy atom. The van der Waals surface area contributed by atoms with Crippen molar-refractivity contribution in [2.24, 2.45) is 5.73 Å². The number of rotatable bonds is 2. The fourth-order valence-corrected chi connectivity index (χ4v) is 2.02. The van der Waals surface area contributed by atoms with Crippen LogP contribution in [0.3, 0.4) is 0 Å². The fourth-order valence-electron chi connectivity index (χ4n) is 1.45. The van der Waals surface area contributed by atoms with E-state index in [1.165, 1.54) is 0 Å². The molecule has 84 valence electrons. The molecule has 0 aromatic heterocycles. The number of aryl methyl sites for hydroxylation is 1. The second-order valence-electron chi connectivity index (χ2n) is 4.53. The Morgan fingerprint density at radius 3 is 2.33 bits per heavy atom. The Kier molecular flexibility index (Phi) is 3.31. The van der Waals surface area contributed by atoms with Gasteiger partial charge < -0.3 is 15.9 Å². The van der Waals surface area contributed by atoms with Crippen molar-refractivity contribution in [2.75, 3.05) is 0 Å². The van der Waals surface area contributed by atoms with E-state index in [4.69, 9.17) is 5.73 Å². The molecule has 15 heavy (non-hydrogen) atoms. The van der Waals surface area contributed by atoms with E-state index in [1.54, 1.807) is 13.0 Å². The van der Waals surface area contributed by atoms with Crippen LogP contribution in [0.1, 0.15) is 25.0 Å². The SMILES string of the molecule is Cc1cc(CC(C)(C)N)c(O)c(Br)c1O. The normalized spacial score (nSPS) is 11.8. The van der Waals surface area contributed by atoms with Crippen molar-refractivity contribution in [3.63, 3.8) is 0 Å². The van der Waals surface area contributed by atoms with Gasteiger partial charge >= 0.3 is 0 Å². The van der Waals surface area contributed by atoms with Crippen LogP contribution in [0.5, 0.6) is 11.5 Å². The number of phenols is 2. The molecule has 0 saturated carbocycles. The highest BCUT2D eigenvalue weighted by Gasteiger charge is 2.18. The summed E-state index contributed by atoms with van der Waals surface area (Å²) in [6, 6.07) is 1.75. The summed E-state index contributed by atoms with van der Waals surface area (Å²) in [6.07, 6.45) is 0.554. The minimum Gasteiger partial charge on any atom is -0.506 e. The Bertz CT molecular complexity index is 383. The lowest BCUT2D eigenvalue weighted by Crippen LogP contribution is -2.34. The summed E-state index contributed by atoms with van der Waals surface area (Å²) in [5, 5.41) is 19.4. The van der Waals surface area contributed by atoms with Gasteiger partial charge in [-0.25, -0.2) is 0 Å². The first kappa shape index (κ1) is 12.3. The highest BCUT2D eigenvalue weighted by molar-refractivity contribution is 9.10. The molecule has 0 amide bonds. The molecule has 1 rings (SSSR count). The van der Waals surface area contributed by atoms with Crippen molar-refractivity contribution >= 4 is 15.9 Å². The smallest absolute Gasteiger partial charge is 0.136 e. The zero-order valence-electron chi connectivity index (χ0n) is 9.13. The molecule has 0 atom stereocenters. The molecule has 4 N–H and O–H groups in total. The Balaban J connectivity index is 3.21. The van der Waals surface area contributed by atoms with Crippen LogP contribution in [0.2, 0.25) is 0 Å². The summed E-state index contributed by atoms with van der Waals surface area (Å²) in [6.45, 7) is 5.57. The minimum atomic E-state index is -0.389. The molecule has 4 heteroatoms. The van der Waals surface area contributed by atoms with E-state index in [9.17, 15) is 10.2 Å². The number of benzene rings is 1.